The van der Waals surface area contributed by atoms with Crippen molar-refractivity contribution in [3.05, 3.63) is 47.1 Å². The number of aromatic nitrogens is 1. The summed E-state index contributed by atoms with van der Waals surface area (Å²) >= 11 is 3.27. The van der Waals surface area contributed by atoms with Crippen LogP contribution >= 0.6 is 15.9 Å². The predicted octanol–water partition coefficient (Wildman–Crippen LogP) is 3.10. The minimum atomic E-state index is -3.69. The highest BCUT2D eigenvalue weighted by Gasteiger charge is 2.27. The van der Waals surface area contributed by atoms with Crippen molar-refractivity contribution in [2.45, 2.75) is 11.8 Å². The second-order valence-corrected chi connectivity index (χ2v) is 7.00. The molecule has 1 aromatic carbocycles. The summed E-state index contributed by atoms with van der Waals surface area (Å²) in [7, 11) is -2.04. The fourth-order valence-corrected chi connectivity index (χ4v) is 4.14. The van der Waals surface area contributed by atoms with Gasteiger partial charge in [0.05, 0.1) is 5.69 Å². The van der Waals surface area contributed by atoms with E-state index in [1.165, 1.54) is 4.31 Å². The van der Waals surface area contributed by atoms with Crippen LogP contribution in [0, 0.1) is 0 Å². The van der Waals surface area contributed by atoms with Crippen LogP contribution in [-0.4, -0.2) is 27.0 Å². The van der Waals surface area contributed by atoms with E-state index in [0.29, 0.717) is 22.5 Å². The maximum absolute atomic E-state index is 12.9. The highest BCUT2D eigenvalue weighted by Crippen LogP contribution is 2.28. The molecule has 0 radical (unpaired) electrons. The van der Waals surface area contributed by atoms with E-state index in [9.17, 15) is 8.42 Å². The van der Waals surface area contributed by atoms with Crippen molar-refractivity contribution in [1.82, 2.24) is 4.98 Å². The molecule has 1 aromatic heterocycles. The van der Waals surface area contributed by atoms with E-state index < -0.39 is 10.0 Å². The van der Waals surface area contributed by atoms with Crippen molar-refractivity contribution in [1.29, 1.82) is 0 Å². The van der Waals surface area contributed by atoms with Crippen molar-refractivity contribution in [2.75, 3.05) is 23.2 Å². The van der Waals surface area contributed by atoms with Gasteiger partial charge in [-0.05, 0) is 41.1 Å². The summed E-state index contributed by atoms with van der Waals surface area (Å²) in [6.45, 7) is 2.14. The molecule has 0 aliphatic heterocycles. The third-order valence-electron chi connectivity index (χ3n) is 2.96. The van der Waals surface area contributed by atoms with E-state index in [-0.39, 0.29) is 4.90 Å². The molecule has 0 unspecified atom stereocenters. The number of sulfonamides is 1. The zero-order valence-corrected chi connectivity index (χ0v) is 14.1. The predicted molar refractivity (Wildman–Crippen MR) is 88.1 cm³/mol. The van der Waals surface area contributed by atoms with Gasteiger partial charge in [0.1, 0.15) is 10.7 Å². The van der Waals surface area contributed by atoms with Crippen molar-refractivity contribution >= 4 is 37.5 Å². The Hall–Kier alpha value is -1.60. The first-order valence-electron chi connectivity index (χ1n) is 6.41. The Kier molecular flexibility index (Phi) is 4.84. The van der Waals surface area contributed by atoms with Crippen LogP contribution in [0.25, 0.3) is 0 Å². The first-order valence-corrected chi connectivity index (χ1v) is 8.65. The molecule has 1 heterocycles. The fourth-order valence-electron chi connectivity index (χ4n) is 2.01. The largest absolute Gasteiger partial charge is 0.372 e. The van der Waals surface area contributed by atoms with Gasteiger partial charge in [0.2, 0.25) is 0 Å². The molecule has 0 aliphatic carbocycles. The third-order valence-corrected chi connectivity index (χ3v) is 5.31. The minimum Gasteiger partial charge on any atom is -0.372 e. The molecular weight excluding hydrogens is 354 g/mol. The molecule has 0 bridgehead atoms. The SMILES string of the molecule is CCN(c1ccccc1)S(=O)(=O)c1cc(Br)cnc1NC. The van der Waals surface area contributed by atoms with E-state index >= 15 is 0 Å². The average Bonchev–Trinajstić information content (AvgIpc) is 2.49. The van der Waals surface area contributed by atoms with Crippen LogP contribution in [0.1, 0.15) is 6.92 Å². The summed E-state index contributed by atoms with van der Waals surface area (Å²) in [5, 5.41) is 2.82. The molecule has 21 heavy (non-hydrogen) atoms. The number of hydrogen-bond donors (Lipinski definition) is 1. The first-order chi connectivity index (χ1) is 10.0. The number of halogens is 1. The van der Waals surface area contributed by atoms with Gasteiger partial charge in [-0.2, -0.15) is 0 Å². The number of para-hydroxylation sites is 1. The van der Waals surface area contributed by atoms with Gasteiger partial charge >= 0.3 is 0 Å². The molecule has 2 rings (SSSR count). The van der Waals surface area contributed by atoms with E-state index in [2.05, 4.69) is 26.2 Å². The summed E-state index contributed by atoms with van der Waals surface area (Å²) in [6.07, 6.45) is 1.56. The van der Waals surface area contributed by atoms with Gasteiger partial charge < -0.3 is 5.32 Å². The lowest BCUT2D eigenvalue weighted by Crippen LogP contribution is -2.31. The Morgan fingerprint density at radius 2 is 1.95 bits per heavy atom. The molecule has 0 saturated carbocycles. The molecule has 0 aliphatic rings. The number of nitrogens with zero attached hydrogens (tertiary/aromatic N) is 2. The lowest BCUT2D eigenvalue weighted by Gasteiger charge is -2.23. The van der Waals surface area contributed by atoms with Crippen molar-refractivity contribution in [2.24, 2.45) is 0 Å². The molecule has 2 aromatic rings. The molecule has 0 saturated heterocycles. The van der Waals surface area contributed by atoms with E-state index in [4.69, 9.17) is 0 Å². The van der Waals surface area contributed by atoms with E-state index in [0.717, 1.165) is 0 Å². The summed E-state index contributed by atoms with van der Waals surface area (Å²) in [6, 6.07) is 10.6. The van der Waals surface area contributed by atoms with Gasteiger partial charge in [0.25, 0.3) is 10.0 Å². The molecule has 0 atom stereocenters. The second kappa shape index (κ2) is 6.44. The van der Waals surface area contributed by atoms with E-state index in [1.807, 2.05) is 18.2 Å². The highest BCUT2D eigenvalue weighted by atomic mass is 79.9. The number of hydrogen-bond acceptors (Lipinski definition) is 4. The third kappa shape index (κ3) is 3.19. The minimum absolute atomic E-state index is 0.144. The zero-order valence-electron chi connectivity index (χ0n) is 11.7. The molecule has 7 heteroatoms. The second-order valence-electron chi connectivity index (χ2n) is 4.26. The molecule has 0 spiro atoms. The molecule has 112 valence electrons. The molecule has 5 nitrogen and oxygen atoms in total. The number of rotatable bonds is 5. The summed E-state index contributed by atoms with van der Waals surface area (Å²) in [5.41, 5.74) is 0.627. The first kappa shape index (κ1) is 15.8. The van der Waals surface area contributed by atoms with Crippen LogP contribution in [0.2, 0.25) is 0 Å². The maximum atomic E-state index is 12.9. The van der Waals surface area contributed by atoms with Crippen molar-refractivity contribution < 1.29 is 8.42 Å². The topological polar surface area (TPSA) is 62.3 Å². The average molecular weight is 370 g/mol. The van der Waals surface area contributed by atoms with Gasteiger partial charge in [0.15, 0.2) is 0 Å². The number of anilines is 2. The van der Waals surface area contributed by atoms with Crippen LogP contribution < -0.4 is 9.62 Å². The fraction of sp³-hybridized carbons (Fsp3) is 0.214. The molecule has 0 amide bonds. The van der Waals surface area contributed by atoms with Gasteiger partial charge in [-0.3, -0.25) is 4.31 Å². The summed E-state index contributed by atoms with van der Waals surface area (Å²) in [4.78, 5) is 4.25. The Morgan fingerprint density at radius 1 is 1.29 bits per heavy atom. The van der Waals surface area contributed by atoms with Gasteiger partial charge in [-0.15, -0.1) is 0 Å². The Morgan fingerprint density at radius 3 is 2.52 bits per heavy atom. The Labute approximate surface area is 133 Å². The summed E-state index contributed by atoms with van der Waals surface area (Å²) in [5.74, 6) is 0.326. The lowest BCUT2D eigenvalue weighted by molar-refractivity contribution is 0.592. The normalized spacial score (nSPS) is 11.2. The van der Waals surface area contributed by atoms with Gasteiger partial charge in [-0.1, -0.05) is 18.2 Å². The smallest absolute Gasteiger partial charge is 0.268 e. The van der Waals surface area contributed by atoms with E-state index in [1.54, 1.807) is 38.4 Å². The number of benzene rings is 1. The lowest BCUT2D eigenvalue weighted by atomic mass is 10.3. The molecular formula is C14H16BrN3O2S. The van der Waals surface area contributed by atoms with Crippen LogP contribution in [-0.2, 0) is 10.0 Å². The zero-order chi connectivity index (χ0) is 15.5. The van der Waals surface area contributed by atoms with Crippen LogP contribution in [0.5, 0.6) is 0 Å². The summed E-state index contributed by atoms with van der Waals surface area (Å²) < 4.78 is 27.8. The van der Waals surface area contributed by atoms with Crippen LogP contribution in [0.15, 0.2) is 52.0 Å². The molecule has 0 fully saturated rings. The monoisotopic (exact) mass is 369 g/mol. The van der Waals surface area contributed by atoms with Crippen molar-refractivity contribution in [3.63, 3.8) is 0 Å². The maximum Gasteiger partial charge on any atom is 0.268 e. The van der Waals surface area contributed by atoms with Crippen molar-refractivity contribution in [3.8, 4) is 0 Å². The Balaban J connectivity index is 2.58. The molecule has 1 N–H and O–H groups in total. The number of nitrogens with one attached hydrogen (secondary N) is 1. The van der Waals surface area contributed by atoms with Gasteiger partial charge in [0, 0.05) is 24.3 Å². The van der Waals surface area contributed by atoms with Gasteiger partial charge in [-0.25, -0.2) is 13.4 Å². The quantitative estimate of drug-likeness (QED) is 0.879. The standard InChI is InChI=1S/C14H16BrN3O2S/c1-3-18(12-7-5-4-6-8-12)21(19,20)13-9-11(15)10-17-14(13)16-2/h4-10H,3H2,1-2H3,(H,16,17). The number of pyridine rings is 1. The van der Waals surface area contributed by atoms with Crippen LogP contribution in [0.4, 0.5) is 11.5 Å². The highest BCUT2D eigenvalue weighted by molar-refractivity contribution is 9.10. The van der Waals surface area contributed by atoms with Crippen LogP contribution in [0.3, 0.4) is 0 Å². The Bertz CT molecular complexity index is 720.